The molecule has 3 rings (SSSR count). The summed E-state index contributed by atoms with van der Waals surface area (Å²) in [6.45, 7) is 13.7. The number of carbonyl (C=O) groups excluding carboxylic acids is 1. The van der Waals surface area contributed by atoms with Crippen molar-refractivity contribution in [3.05, 3.63) is 28.9 Å². The lowest BCUT2D eigenvalue weighted by Crippen LogP contribution is -2.31. The number of anilines is 1. The van der Waals surface area contributed by atoms with Gasteiger partial charge in [0.1, 0.15) is 5.75 Å². The van der Waals surface area contributed by atoms with Gasteiger partial charge in [-0.15, -0.1) is 0 Å². The Morgan fingerprint density at radius 1 is 1.21 bits per heavy atom. The molecule has 7 heteroatoms. The van der Waals surface area contributed by atoms with E-state index in [1.54, 1.807) is 4.68 Å². The number of halogens is 1. The second-order valence-electron chi connectivity index (χ2n) is 9.84. The Morgan fingerprint density at radius 2 is 1.91 bits per heavy atom. The van der Waals surface area contributed by atoms with Crippen LogP contribution in [-0.2, 0) is 6.54 Å². The molecule has 0 bridgehead atoms. The van der Waals surface area contributed by atoms with Crippen molar-refractivity contribution in [2.75, 3.05) is 11.9 Å². The van der Waals surface area contributed by atoms with Gasteiger partial charge in [-0.25, -0.2) is 0 Å². The zero-order valence-electron chi connectivity index (χ0n) is 20.9. The Morgan fingerprint density at radius 3 is 2.52 bits per heavy atom. The lowest BCUT2D eigenvalue weighted by Gasteiger charge is -2.26. The van der Waals surface area contributed by atoms with Crippen molar-refractivity contribution in [2.24, 2.45) is 11.8 Å². The minimum Gasteiger partial charge on any atom is -0.490 e. The van der Waals surface area contributed by atoms with Crippen LogP contribution in [0.15, 0.2) is 18.2 Å². The molecule has 182 valence electrons. The molecule has 0 saturated heterocycles. The highest BCUT2D eigenvalue weighted by atomic mass is 35.5. The van der Waals surface area contributed by atoms with Gasteiger partial charge in [-0.2, -0.15) is 5.10 Å². The minimum absolute atomic E-state index is 0.00389. The molecule has 1 heterocycles. The molecule has 1 amide bonds. The summed E-state index contributed by atoms with van der Waals surface area (Å²) < 4.78 is 7.93. The second kappa shape index (κ2) is 11.3. The summed E-state index contributed by atoms with van der Waals surface area (Å²) in [7, 11) is 0. The van der Waals surface area contributed by atoms with Crippen LogP contribution in [0.1, 0.15) is 77.7 Å². The van der Waals surface area contributed by atoms with Crippen molar-refractivity contribution >= 4 is 23.2 Å². The van der Waals surface area contributed by atoms with Crippen LogP contribution in [0.2, 0.25) is 5.02 Å². The van der Waals surface area contributed by atoms with Crippen molar-refractivity contribution in [3.8, 4) is 17.0 Å². The second-order valence-corrected chi connectivity index (χ2v) is 10.2. The number of nitrogens with zero attached hydrogens (tertiary/aromatic N) is 2. The summed E-state index contributed by atoms with van der Waals surface area (Å²) in [6, 6.07) is 6.29. The first-order chi connectivity index (χ1) is 15.7. The quantitative estimate of drug-likeness (QED) is 0.442. The predicted molar refractivity (Wildman–Crippen MR) is 136 cm³/mol. The van der Waals surface area contributed by atoms with E-state index in [1.165, 1.54) is 12.8 Å². The number of hydrogen-bond donors (Lipinski definition) is 2. The van der Waals surface area contributed by atoms with Crippen LogP contribution in [0.3, 0.4) is 0 Å². The number of ether oxygens (including phenoxy) is 1. The van der Waals surface area contributed by atoms with E-state index in [4.69, 9.17) is 16.3 Å². The molecule has 2 N–H and O–H groups in total. The van der Waals surface area contributed by atoms with E-state index in [0.717, 1.165) is 35.8 Å². The summed E-state index contributed by atoms with van der Waals surface area (Å²) >= 11 is 6.80. The fourth-order valence-corrected chi connectivity index (χ4v) is 4.74. The monoisotopic (exact) mass is 474 g/mol. The van der Waals surface area contributed by atoms with Crippen LogP contribution in [-0.4, -0.2) is 34.4 Å². The number of benzene rings is 1. The molecule has 2 aromatic rings. The molecule has 1 aliphatic rings. The summed E-state index contributed by atoms with van der Waals surface area (Å²) in [5, 5.41) is 11.4. The third-order valence-electron chi connectivity index (χ3n) is 6.15. The van der Waals surface area contributed by atoms with Gasteiger partial charge in [0.2, 0.25) is 0 Å². The van der Waals surface area contributed by atoms with Crippen LogP contribution in [0.4, 0.5) is 5.69 Å². The zero-order chi connectivity index (χ0) is 24.1. The molecule has 1 saturated carbocycles. The molecular formula is C26H39ClN4O2. The first kappa shape index (κ1) is 25.4. The van der Waals surface area contributed by atoms with Crippen LogP contribution >= 0.6 is 11.6 Å². The average Bonchev–Trinajstić information content (AvgIpc) is 3.09. The summed E-state index contributed by atoms with van der Waals surface area (Å²) in [5.41, 5.74) is 2.79. The topological polar surface area (TPSA) is 68.2 Å². The molecule has 1 aromatic carbocycles. The fraction of sp³-hybridized carbons (Fsp3) is 0.615. The smallest absolute Gasteiger partial charge is 0.273 e. The van der Waals surface area contributed by atoms with Crippen LogP contribution < -0.4 is 15.4 Å². The number of nitrogens with one attached hydrogen (secondary N) is 2. The minimum atomic E-state index is -0.212. The largest absolute Gasteiger partial charge is 0.490 e. The number of aromatic nitrogens is 2. The lowest BCUT2D eigenvalue weighted by molar-refractivity contribution is 0.0936. The molecule has 0 spiro atoms. The van der Waals surface area contributed by atoms with Crippen molar-refractivity contribution in [1.82, 2.24) is 15.1 Å². The Bertz CT molecular complexity index is 946. The van der Waals surface area contributed by atoms with E-state index >= 15 is 0 Å². The first-order valence-corrected chi connectivity index (χ1v) is 12.7. The van der Waals surface area contributed by atoms with E-state index in [9.17, 15) is 4.79 Å². The number of amides is 1. The normalized spacial score (nSPS) is 18.6. The molecule has 6 nitrogen and oxygen atoms in total. The standard InChI is InChI=1S/C26H39ClN4O2/c1-7-31-25(21-13-12-20(29-16(2)3)14-22(21)33-17(4)5)23(27)24(30-31)26(32)28-15-19-10-8-18(6)9-11-19/h12-14,16-19,29H,7-11,15H2,1-6H3,(H,28,32). The molecule has 1 fully saturated rings. The number of rotatable bonds is 9. The number of carbonyl (C=O) groups is 1. The van der Waals surface area contributed by atoms with Gasteiger partial charge < -0.3 is 15.4 Å². The van der Waals surface area contributed by atoms with Gasteiger partial charge in [-0.3, -0.25) is 9.48 Å². The molecule has 1 aliphatic carbocycles. The summed E-state index contributed by atoms with van der Waals surface area (Å²) in [4.78, 5) is 13.0. The van der Waals surface area contributed by atoms with Crippen LogP contribution in [0.5, 0.6) is 5.75 Å². The van der Waals surface area contributed by atoms with E-state index < -0.39 is 0 Å². The molecule has 33 heavy (non-hydrogen) atoms. The van der Waals surface area contributed by atoms with Crippen molar-refractivity contribution in [1.29, 1.82) is 0 Å². The Hall–Kier alpha value is -2.21. The van der Waals surface area contributed by atoms with Gasteiger partial charge in [-0.05, 0) is 71.4 Å². The summed E-state index contributed by atoms with van der Waals surface area (Å²) in [6.07, 6.45) is 4.79. The van der Waals surface area contributed by atoms with Gasteiger partial charge in [-0.1, -0.05) is 31.4 Å². The first-order valence-electron chi connectivity index (χ1n) is 12.3. The Labute approximate surface area is 203 Å². The van der Waals surface area contributed by atoms with Gasteiger partial charge >= 0.3 is 0 Å². The number of aryl methyl sites for hydroxylation is 1. The van der Waals surface area contributed by atoms with Gasteiger partial charge in [0, 0.05) is 36.4 Å². The molecule has 0 radical (unpaired) electrons. The Balaban J connectivity index is 1.88. The van der Waals surface area contributed by atoms with E-state index in [1.807, 2.05) is 39.0 Å². The fourth-order valence-electron chi connectivity index (χ4n) is 4.42. The van der Waals surface area contributed by atoms with E-state index in [-0.39, 0.29) is 17.7 Å². The molecule has 0 aliphatic heterocycles. The summed E-state index contributed by atoms with van der Waals surface area (Å²) in [5.74, 6) is 1.83. The maximum absolute atomic E-state index is 13.0. The molecular weight excluding hydrogens is 436 g/mol. The third-order valence-corrected chi connectivity index (χ3v) is 6.51. The number of hydrogen-bond acceptors (Lipinski definition) is 4. The maximum Gasteiger partial charge on any atom is 0.273 e. The van der Waals surface area contributed by atoms with Gasteiger partial charge in [0.05, 0.1) is 16.8 Å². The molecule has 1 aromatic heterocycles. The zero-order valence-corrected chi connectivity index (χ0v) is 21.6. The predicted octanol–water partition coefficient (Wildman–Crippen LogP) is 6.39. The van der Waals surface area contributed by atoms with E-state index in [2.05, 4.69) is 36.5 Å². The average molecular weight is 475 g/mol. The highest BCUT2D eigenvalue weighted by molar-refractivity contribution is 6.36. The van der Waals surface area contributed by atoms with Crippen molar-refractivity contribution < 1.29 is 9.53 Å². The molecule has 0 unspecified atom stereocenters. The van der Waals surface area contributed by atoms with Crippen LogP contribution in [0, 0.1) is 11.8 Å². The highest BCUT2D eigenvalue weighted by Crippen LogP contribution is 2.39. The lowest BCUT2D eigenvalue weighted by atomic mass is 9.83. The SMILES string of the molecule is CCn1nc(C(=O)NCC2CCC(C)CC2)c(Cl)c1-c1ccc(NC(C)C)cc1OC(C)C. The third kappa shape index (κ3) is 6.44. The van der Waals surface area contributed by atoms with Crippen molar-refractivity contribution in [2.45, 2.75) is 85.9 Å². The Kier molecular flexibility index (Phi) is 8.69. The maximum atomic E-state index is 13.0. The highest BCUT2D eigenvalue weighted by Gasteiger charge is 2.26. The van der Waals surface area contributed by atoms with Crippen molar-refractivity contribution in [3.63, 3.8) is 0 Å². The van der Waals surface area contributed by atoms with E-state index in [0.29, 0.717) is 35.8 Å². The van der Waals surface area contributed by atoms with Crippen LogP contribution in [0.25, 0.3) is 11.3 Å². The van der Waals surface area contributed by atoms with Gasteiger partial charge in [0.15, 0.2) is 5.69 Å². The molecule has 0 atom stereocenters. The van der Waals surface area contributed by atoms with Gasteiger partial charge in [0.25, 0.3) is 5.91 Å².